The summed E-state index contributed by atoms with van der Waals surface area (Å²) < 4.78 is 0. The number of anilines is 1. The number of rotatable bonds is 2. The number of benzene rings is 1. The van der Waals surface area contributed by atoms with Gasteiger partial charge in [0.25, 0.3) is 0 Å². The van der Waals surface area contributed by atoms with Gasteiger partial charge in [0.05, 0.1) is 11.6 Å². The summed E-state index contributed by atoms with van der Waals surface area (Å²) in [5.74, 6) is 0.806. The van der Waals surface area contributed by atoms with E-state index in [1.165, 1.54) is 31.5 Å². The van der Waals surface area contributed by atoms with E-state index in [9.17, 15) is 0 Å². The molecule has 3 heteroatoms. The van der Waals surface area contributed by atoms with Crippen LogP contribution in [0.15, 0.2) is 18.2 Å². The highest BCUT2D eigenvalue weighted by molar-refractivity contribution is 5.55. The van der Waals surface area contributed by atoms with Gasteiger partial charge >= 0.3 is 0 Å². The fraction of sp³-hybridized carbons (Fsp3) is 0.533. The fourth-order valence-electron chi connectivity index (χ4n) is 3.18. The van der Waals surface area contributed by atoms with Crippen LogP contribution in [0.4, 0.5) is 5.69 Å². The van der Waals surface area contributed by atoms with Crippen molar-refractivity contribution in [1.29, 1.82) is 5.26 Å². The molecule has 1 N–H and O–H groups in total. The smallest absolute Gasteiger partial charge is 0.0992 e. The largest absolute Gasteiger partial charge is 0.380 e. The van der Waals surface area contributed by atoms with Crippen molar-refractivity contribution in [1.82, 2.24) is 4.90 Å². The first kappa shape index (κ1) is 11.6. The van der Waals surface area contributed by atoms with Crippen molar-refractivity contribution in [3.05, 3.63) is 29.3 Å². The Hall–Kier alpha value is -1.53. The Kier molecular flexibility index (Phi) is 2.97. The van der Waals surface area contributed by atoms with Gasteiger partial charge in [0.2, 0.25) is 0 Å². The van der Waals surface area contributed by atoms with Crippen LogP contribution in [0.2, 0.25) is 0 Å². The van der Waals surface area contributed by atoms with Crippen LogP contribution in [-0.2, 0) is 0 Å². The molecule has 1 aromatic carbocycles. The topological polar surface area (TPSA) is 39.1 Å². The third kappa shape index (κ3) is 2.09. The number of nitrogens with zero attached hydrogens (tertiary/aromatic N) is 2. The van der Waals surface area contributed by atoms with E-state index in [-0.39, 0.29) is 0 Å². The maximum absolute atomic E-state index is 8.98. The molecule has 2 bridgehead atoms. The summed E-state index contributed by atoms with van der Waals surface area (Å²) in [6, 6.07) is 8.67. The second-order valence-electron chi connectivity index (χ2n) is 5.53. The van der Waals surface area contributed by atoms with Crippen LogP contribution in [0, 0.1) is 24.2 Å². The Bertz CT molecular complexity index is 481. The molecule has 0 amide bonds. The third-order valence-electron chi connectivity index (χ3n) is 4.36. The van der Waals surface area contributed by atoms with Gasteiger partial charge in [-0.1, -0.05) is 6.07 Å². The Morgan fingerprint density at radius 1 is 1.33 bits per heavy atom. The lowest BCUT2D eigenvalue weighted by Gasteiger charge is -2.45. The molecule has 3 aliphatic heterocycles. The van der Waals surface area contributed by atoms with Gasteiger partial charge < -0.3 is 10.2 Å². The van der Waals surface area contributed by atoms with Crippen molar-refractivity contribution in [3.63, 3.8) is 0 Å². The Morgan fingerprint density at radius 3 is 2.72 bits per heavy atom. The van der Waals surface area contributed by atoms with E-state index >= 15 is 0 Å². The van der Waals surface area contributed by atoms with E-state index < -0.39 is 0 Å². The van der Waals surface area contributed by atoms with E-state index in [2.05, 4.69) is 23.2 Å². The van der Waals surface area contributed by atoms with Crippen molar-refractivity contribution in [2.75, 3.05) is 25.0 Å². The molecule has 3 aliphatic rings. The van der Waals surface area contributed by atoms with Gasteiger partial charge in [-0.2, -0.15) is 5.26 Å². The highest BCUT2D eigenvalue weighted by atomic mass is 15.2. The summed E-state index contributed by atoms with van der Waals surface area (Å²) in [5, 5.41) is 12.6. The molecule has 0 aromatic heterocycles. The summed E-state index contributed by atoms with van der Waals surface area (Å²) in [6.45, 7) is 5.78. The lowest BCUT2D eigenvalue weighted by Crippen LogP contribution is -2.53. The second kappa shape index (κ2) is 4.62. The van der Waals surface area contributed by atoms with Gasteiger partial charge in [-0.3, -0.25) is 0 Å². The molecule has 3 fully saturated rings. The Balaban J connectivity index is 1.78. The summed E-state index contributed by atoms with van der Waals surface area (Å²) in [7, 11) is 0. The molecule has 1 unspecified atom stereocenters. The van der Waals surface area contributed by atoms with Crippen LogP contribution in [0.1, 0.15) is 24.0 Å². The number of nitrogens with one attached hydrogen (secondary N) is 1. The summed E-state index contributed by atoms with van der Waals surface area (Å²) in [5.41, 5.74) is 3.10. The summed E-state index contributed by atoms with van der Waals surface area (Å²) in [4.78, 5) is 2.54. The highest BCUT2D eigenvalue weighted by Gasteiger charge is 2.34. The molecule has 1 aromatic rings. The molecule has 0 radical (unpaired) electrons. The molecule has 3 heterocycles. The highest BCUT2D eigenvalue weighted by Crippen LogP contribution is 2.30. The molecule has 18 heavy (non-hydrogen) atoms. The molecule has 0 aliphatic carbocycles. The zero-order valence-electron chi connectivity index (χ0n) is 10.8. The number of nitriles is 1. The second-order valence-corrected chi connectivity index (χ2v) is 5.53. The van der Waals surface area contributed by atoms with Crippen LogP contribution < -0.4 is 5.32 Å². The Morgan fingerprint density at radius 2 is 2.11 bits per heavy atom. The Labute approximate surface area is 108 Å². The number of hydrogen-bond acceptors (Lipinski definition) is 3. The molecule has 3 saturated heterocycles. The third-order valence-corrected chi connectivity index (χ3v) is 4.36. The van der Waals surface area contributed by atoms with Crippen molar-refractivity contribution in [2.24, 2.45) is 5.92 Å². The molecular formula is C15H19N3. The minimum atomic E-state index is 0.556. The standard InChI is InChI=1S/C15H19N3/c1-11-2-3-12(9-16)8-14(11)17-15-10-18-6-4-13(15)5-7-18/h2-3,8,13,15,17H,4-7,10H2,1H3. The van der Waals surface area contributed by atoms with Crippen molar-refractivity contribution < 1.29 is 0 Å². The van der Waals surface area contributed by atoms with Gasteiger partial charge in [0.1, 0.15) is 0 Å². The van der Waals surface area contributed by atoms with Crippen LogP contribution in [0.5, 0.6) is 0 Å². The van der Waals surface area contributed by atoms with Crippen molar-refractivity contribution >= 4 is 5.69 Å². The lowest BCUT2D eigenvalue weighted by atomic mass is 9.84. The predicted molar refractivity (Wildman–Crippen MR) is 72.5 cm³/mol. The number of hydrogen-bond donors (Lipinski definition) is 1. The average molecular weight is 241 g/mol. The molecule has 0 spiro atoms. The van der Waals surface area contributed by atoms with Gasteiger partial charge in [0.15, 0.2) is 0 Å². The summed E-state index contributed by atoms with van der Waals surface area (Å²) in [6.07, 6.45) is 2.63. The van der Waals surface area contributed by atoms with Crippen molar-refractivity contribution in [3.8, 4) is 6.07 Å². The molecule has 1 atom stereocenters. The van der Waals surface area contributed by atoms with Crippen LogP contribution in [0.3, 0.4) is 0 Å². The van der Waals surface area contributed by atoms with Crippen LogP contribution >= 0.6 is 0 Å². The quantitative estimate of drug-likeness (QED) is 0.864. The molecular weight excluding hydrogens is 222 g/mol. The number of piperidine rings is 3. The average Bonchev–Trinajstić information content (AvgIpc) is 2.43. The molecule has 0 saturated carbocycles. The van der Waals surface area contributed by atoms with Gasteiger partial charge in [-0.25, -0.2) is 0 Å². The van der Waals surface area contributed by atoms with Gasteiger partial charge in [-0.15, -0.1) is 0 Å². The van der Waals surface area contributed by atoms with Gasteiger partial charge in [-0.05, 0) is 56.5 Å². The normalized spacial score (nSPS) is 29.9. The van der Waals surface area contributed by atoms with Crippen LogP contribution in [0.25, 0.3) is 0 Å². The number of aryl methyl sites for hydroxylation is 1. The maximum Gasteiger partial charge on any atom is 0.0992 e. The minimum Gasteiger partial charge on any atom is -0.380 e. The monoisotopic (exact) mass is 241 g/mol. The number of fused-ring (bicyclic) bond motifs is 3. The van der Waals surface area contributed by atoms with Gasteiger partial charge in [0, 0.05) is 18.3 Å². The fourth-order valence-corrected chi connectivity index (χ4v) is 3.18. The van der Waals surface area contributed by atoms with E-state index in [0.29, 0.717) is 6.04 Å². The molecule has 4 rings (SSSR count). The first-order valence-electron chi connectivity index (χ1n) is 6.76. The predicted octanol–water partition coefficient (Wildman–Crippen LogP) is 2.37. The van der Waals surface area contributed by atoms with Crippen LogP contribution in [-0.4, -0.2) is 30.6 Å². The zero-order valence-corrected chi connectivity index (χ0v) is 10.8. The SMILES string of the molecule is Cc1ccc(C#N)cc1NC1CN2CCC1CC2. The molecule has 3 nitrogen and oxygen atoms in total. The maximum atomic E-state index is 8.98. The first-order chi connectivity index (χ1) is 8.76. The van der Waals surface area contributed by atoms with E-state index in [1.807, 2.05) is 18.2 Å². The van der Waals surface area contributed by atoms with E-state index in [0.717, 1.165) is 23.7 Å². The minimum absolute atomic E-state index is 0.556. The van der Waals surface area contributed by atoms with E-state index in [1.54, 1.807) is 0 Å². The van der Waals surface area contributed by atoms with E-state index in [4.69, 9.17) is 5.26 Å². The lowest BCUT2D eigenvalue weighted by molar-refractivity contribution is 0.0975. The first-order valence-corrected chi connectivity index (χ1v) is 6.76. The molecule has 94 valence electrons. The zero-order chi connectivity index (χ0) is 12.5. The summed E-state index contributed by atoms with van der Waals surface area (Å²) >= 11 is 0. The van der Waals surface area contributed by atoms with Crippen molar-refractivity contribution in [2.45, 2.75) is 25.8 Å².